The van der Waals surface area contributed by atoms with Crippen molar-refractivity contribution in [1.29, 1.82) is 5.26 Å². The van der Waals surface area contributed by atoms with E-state index in [1.807, 2.05) is 0 Å². The van der Waals surface area contributed by atoms with Gasteiger partial charge in [-0.15, -0.1) is 0 Å². The molecule has 3 atom stereocenters. The second kappa shape index (κ2) is 4.98. The van der Waals surface area contributed by atoms with Crippen LogP contribution in [0.25, 0.3) is 0 Å². The summed E-state index contributed by atoms with van der Waals surface area (Å²) in [7, 11) is 0. The molecule has 0 radical (unpaired) electrons. The summed E-state index contributed by atoms with van der Waals surface area (Å²) in [6, 6.07) is 2.45. The van der Waals surface area contributed by atoms with Crippen LogP contribution >= 0.6 is 0 Å². The van der Waals surface area contributed by atoms with Crippen molar-refractivity contribution in [2.24, 2.45) is 17.3 Å². The molecule has 0 spiro atoms. The van der Waals surface area contributed by atoms with Gasteiger partial charge in [-0.3, -0.25) is 0 Å². The summed E-state index contributed by atoms with van der Waals surface area (Å²) in [6.07, 6.45) is 7.65. The molecule has 96 valence electrons. The fourth-order valence-electron chi connectivity index (χ4n) is 2.97. The average Bonchev–Trinajstić information content (AvgIpc) is 2.22. The molecule has 2 aliphatic carbocycles. The molecule has 0 aromatic carbocycles. The second-order valence-corrected chi connectivity index (χ2v) is 6.84. The normalized spacial score (nSPS) is 35.1. The van der Waals surface area contributed by atoms with Gasteiger partial charge in [0.2, 0.25) is 0 Å². The first-order valence-corrected chi connectivity index (χ1v) is 7.06. The van der Waals surface area contributed by atoms with Crippen molar-refractivity contribution in [3.8, 4) is 6.07 Å². The highest BCUT2D eigenvalue weighted by atomic mass is 16.5. The summed E-state index contributed by atoms with van der Waals surface area (Å²) in [6.45, 7) is 6.93. The van der Waals surface area contributed by atoms with Crippen LogP contribution < -0.4 is 0 Å². The standard InChI is InChI=1S/C15H25NO/c1-15(2,3)12-8-7-11(10-16)14(9-12)17-13-5-4-6-13/h11-14H,4-9H2,1-3H3. The Morgan fingerprint density at radius 2 is 1.82 bits per heavy atom. The molecule has 2 nitrogen and oxygen atoms in total. The Morgan fingerprint density at radius 1 is 1.12 bits per heavy atom. The fraction of sp³-hybridized carbons (Fsp3) is 0.933. The van der Waals surface area contributed by atoms with Crippen LogP contribution in [0.1, 0.15) is 59.3 Å². The first-order valence-electron chi connectivity index (χ1n) is 7.06. The molecule has 0 N–H and O–H groups in total. The summed E-state index contributed by atoms with van der Waals surface area (Å²) >= 11 is 0. The van der Waals surface area contributed by atoms with Crippen LogP contribution in [-0.2, 0) is 4.74 Å². The van der Waals surface area contributed by atoms with E-state index in [1.54, 1.807) is 0 Å². The van der Waals surface area contributed by atoms with Gasteiger partial charge in [0.25, 0.3) is 0 Å². The van der Waals surface area contributed by atoms with Crippen molar-refractivity contribution in [1.82, 2.24) is 0 Å². The van der Waals surface area contributed by atoms with Gasteiger partial charge in [-0.25, -0.2) is 0 Å². The van der Waals surface area contributed by atoms with Crippen molar-refractivity contribution in [2.45, 2.75) is 71.5 Å². The minimum absolute atomic E-state index is 0.134. The third kappa shape index (κ3) is 3.01. The number of hydrogen-bond donors (Lipinski definition) is 0. The summed E-state index contributed by atoms with van der Waals surface area (Å²) in [5, 5.41) is 9.22. The Morgan fingerprint density at radius 3 is 2.29 bits per heavy atom. The lowest BCUT2D eigenvalue weighted by molar-refractivity contribution is -0.0959. The number of nitrogens with zero attached hydrogens (tertiary/aromatic N) is 1. The minimum Gasteiger partial charge on any atom is -0.374 e. The molecule has 2 fully saturated rings. The number of rotatable bonds is 2. The van der Waals surface area contributed by atoms with E-state index < -0.39 is 0 Å². The molecule has 0 aliphatic heterocycles. The van der Waals surface area contributed by atoms with Crippen molar-refractivity contribution in [3.05, 3.63) is 0 Å². The number of nitriles is 1. The van der Waals surface area contributed by atoms with Crippen LogP contribution in [0.4, 0.5) is 0 Å². The van der Waals surface area contributed by atoms with E-state index in [1.165, 1.54) is 25.7 Å². The molecule has 0 aromatic rings. The van der Waals surface area contributed by atoms with Gasteiger partial charge < -0.3 is 4.74 Å². The van der Waals surface area contributed by atoms with Crippen LogP contribution in [0.5, 0.6) is 0 Å². The highest BCUT2D eigenvalue weighted by Gasteiger charge is 2.38. The van der Waals surface area contributed by atoms with Gasteiger partial charge in [-0.1, -0.05) is 20.8 Å². The molecule has 3 unspecified atom stereocenters. The smallest absolute Gasteiger partial charge is 0.0739 e. The average molecular weight is 235 g/mol. The van der Waals surface area contributed by atoms with Gasteiger partial charge in [-0.05, 0) is 49.9 Å². The highest BCUT2D eigenvalue weighted by molar-refractivity contribution is 4.96. The Balaban J connectivity index is 1.96. The molecule has 2 heteroatoms. The molecule has 0 bridgehead atoms. The summed E-state index contributed by atoms with van der Waals surface area (Å²) in [5.74, 6) is 0.839. The van der Waals surface area contributed by atoms with E-state index in [0.29, 0.717) is 17.4 Å². The largest absolute Gasteiger partial charge is 0.374 e. The van der Waals surface area contributed by atoms with E-state index in [9.17, 15) is 5.26 Å². The first-order chi connectivity index (χ1) is 8.00. The Labute approximate surface area is 105 Å². The van der Waals surface area contributed by atoms with Crippen molar-refractivity contribution >= 4 is 0 Å². The minimum atomic E-state index is 0.134. The summed E-state index contributed by atoms with van der Waals surface area (Å²) < 4.78 is 6.13. The molecule has 2 saturated carbocycles. The topological polar surface area (TPSA) is 33.0 Å². The first kappa shape index (κ1) is 12.9. The lowest BCUT2D eigenvalue weighted by atomic mass is 9.69. The van der Waals surface area contributed by atoms with Crippen molar-refractivity contribution in [3.63, 3.8) is 0 Å². The second-order valence-electron chi connectivity index (χ2n) is 6.84. The van der Waals surface area contributed by atoms with Gasteiger partial charge in [0.05, 0.1) is 24.2 Å². The van der Waals surface area contributed by atoms with Crippen molar-refractivity contribution in [2.75, 3.05) is 0 Å². The van der Waals surface area contributed by atoms with Gasteiger partial charge in [0, 0.05) is 0 Å². The zero-order chi connectivity index (χ0) is 12.5. The Hall–Kier alpha value is -0.550. The van der Waals surface area contributed by atoms with Crippen molar-refractivity contribution < 1.29 is 4.74 Å². The molecule has 2 aliphatic rings. The highest BCUT2D eigenvalue weighted by Crippen LogP contribution is 2.42. The third-order valence-electron chi connectivity index (χ3n) is 4.60. The maximum atomic E-state index is 9.22. The molecular weight excluding hydrogens is 210 g/mol. The zero-order valence-electron chi connectivity index (χ0n) is 11.4. The van der Waals surface area contributed by atoms with Gasteiger partial charge in [0.1, 0.15) is 0 Å². The monoisotopic (exact) mass is 235 g/mol. The quantitative estimate of drug-likeness (QED) is 0.727. The lowest BCUT2D eigenvalue weighted by Crippen LogP contribution is -2.39. The van der Waals surface area contributed by atoms with E-state index in [2.05, 4.69) is 26.8 Å². The van der Waals surface area contributed by atoms with E-state index >= 15 is 0 Å². The van der Waals surface area contributed by atoms with Crippen LogP contribution in [0.3, 0.4) is 0 Å². The summed E-state index contributed by atoms with van der Waals surface area (Å²) in [5.41, 5.74) is 0.349. The number of hydrogen-bond acceptors (Lipinski definition) is 2. The predicted octanol–water partition coefficient (Wildman–Crippen LogP) is 3.91. The lowest BCUT2D eigenvalue weighted by Gasteiger charge is -2.42. The van der Waals surface area contributed by atoms with Crippen LogP contribution in [0.2, 0.25) is 0 Å². The van der Waals surface area contributed by atoms with Crippen LogP contribution in [-0.4, -0.2) is 12.2 Å². The molecular formula is C15H25NO. The maximum absolute atomic E-state index is 9.22. The fourth-order valence-corrected chi connectivity index (χ4v) is 2.97. The van der Waals surface area contributed by atoms with E-state index in [0.717, 1.165) is 12.8 Å². The SMILES string of the molecule is CC(C)(C)C1CCC(C#N)C(OC2CCC2)C1. The van der Waals surface area contributed by atoms with Crippen LogP contribution in [0.15, 0.2) is 0 Å². The van der Waals surface area contributed by atoms with Crippen LogP contribution in [0, 0.1) is 28.6 Å². The maximum Gasteiger partial charge on any atom is 0.0739 e. The predicted molar refractivity (Wildman–Crippen MR) is 68.4 cm³/mol. The van der Waals surface area contributed by atoms with E-state index in [4.69, 9.17) is 4.74 Å². The molecule has 17 heavy (non-hydrogen) atoms. The molecule has 2 rings (SSSR count). The third-order valence-corrected chi connectivity index (χ3v) is 4.60. The molecule has 0 aromatic heterocycles. The Kier molecular flexibility index (Phi) is 3.78. The molecule has 0 saturated heterocycles. The Bertz CT molecular complexity index is 295. The number of ether oxygens (including phenoxy) is 1. The summed E-state index contributed by atoms with van der Waals surface area (Å²) in [4.78, 5) is 0. The zero-order valence-corrected chi connectivity index (χ0v) is 11.4. The molecule has 0 amide bonds. The molecule has 0 heterocycles. The van der Waals surface area contributed by atoms with Gasteiger partial charge in [0.15, 0.2) is 0 Å². The van der Waals surface area contributed by atoms with E-state index in [-0.39, 0.29) is 12.0 Å². The van der Waals surface area contributed by atoms with Gasteiger partial charge >= 0.3 is 0 Å². The van der Waals surface area contributed by atoms with Gasteiger partial charge in [-0.2, -0.15) is 5.26 Å².